The van der Waals surface area contributed by atoms with Crippen molar-refractivity contribution in [2.75, 3.05) is 20.2 Å². The van der Waals surface area contributed by atoms with Crippen LogP contribution < -0.4 is 5.32 Å². The largest absolute Gasteiger partial charge is 0.382 e. The number of nitrogens with one attached hydrogen (secondary N) is 1. The van der Waals surface area contributed by atoms with Crippen LogP contribution in [0.5, 0.6) is 0 Å². The molecule has 1 aromatic carbocycles. The van der Waals surface area contributed by atoms with Crippen molar-refractivity contribution in [3.63, 3.8) is 0 Å². The lowest BCUT2D eigenvalue weighted by atomic mass is 9.93. The first-order chi connectivity index (χ1) is 9.04. The monoisotopic (exact) mass is 327 g/mol. The Kier molecular flexibility index (Phi) is 7.66. The molecule has 2 nitrogen and oxygen atoms in total. The fraction of sp³-hybridized carbons (Fsp3) is 0.625. The van der Waals surface area contributed by atoms with E-state index in [1.54, 1.807) is 7.11 Å². The Hall–Kier alpha value is -0.380. The van der Waals surface area contributed by atoms with Crippen molar-refractivity contribution >= 4 is 15.9 Å². The molecule has 0 saturated heterocycles. The van der Waals surface area contributed by atoms with E-state index in [0.29, 0.717) is 11.8 Å². The van der Waals surface area contributed by atoms with E-state index >= 15 is 0 Å². The van der Waals surface area contributed by atoms with Gasteiger partial charge in [-0.2, -0.15) is 0 Å². The maximum Gasteiger partial charge on any atom is 0.0549 e. The molecule has 2 atom stereocenters. The van der Waals surface area contributed by atoms with Crippen molar-refractivity contribution in [2.24, 2.45) is 5.92 Å². The van der Waals surface area contributed by atoms with Gasteiger partial charge in [0, 0.05) is 18.1 Å². The normalized spacial score (nSPS) is 14.6. The van der Waals surface area contributed by atoms with E-state index in [1.807, 2.05) is 0 Å². The summed E-state index contributed by atoms with van der Waals surface area (Å²) >= 11 is 3.66. The first-order valence-corrected chi connectivity index (χ1v) is 7.81. The SMILES string of the molecule is COC(C)CC(CNCC(C)C)c1ccccc1Br. The highest BCUT2D eigenvalue weighted by molar-refractivity contribution is 9.10. The third-order valence-corrected chi connectivity index (χ3v) is 4.03. The molecule has 108 valence electrons. The Balaban J connectivity index is 2.71. The molecule has 3 heteroatoms. The van der Waals surface area contributed by atoms with E-state index in [-0.39, 0.29) is 6.10 Å². The summed E-state index contributed by atoms with van der Waals surface area (Å²) in [4.78, 5) is 0. The molecule has 0 aliphatic rings. The van der Waals surface area contributed by atoms with Gasteiger partial charge in [0.25, 0.3) is 0 Å². The fourth-order valence-electron chi connectivity index (χ4n) is 2.17. The van der Waals surface area contributed by atoms with E-state index in [2.05, 4.69) is 66.3 Å². The van der Waals surface area contributed by atoms with Crippen LogP contribution in [0.1, 0.15) is 38.7 Å². The Morgan fingerprint density at radius 3 is 2.42 bits per heavy atom. The second-order valence-electron chi connectivity index (χ2n) is 5.55. The van der Waals surface area contributed by atoms with Crippen LogP contribution in [0, 0.1) is 5.92 Å². The molecular weight excluding hydrogens is 302 g/mol. The molecule has 0 aromatic heterocycles. The minimum Gasteiger partial charge on any atom is -0.382 e. The molecule has 19 heavy (non-hydrogen) atoms. The molecule has 1 N–H and O–H groups in total. The lowest BCUT2D eigenvalue weighted by molar-refractivity contribution is 0.104. The van der Waals surface area contributed by atoms with Crippen LogP contribution in [0.3, 0.4) is 0 Å². The molecule has 0 heterocycles. The molecule has 0 amide bonds. The minimum absolute atomic E-state index is 0.276. The van der Waals surface area contributed by atoms with Crippen LogP contribution in [0.15, 0.2) is 28.7 Å². The Bertz CT molecular complexity index is 368. The van der Waals surface area contributed by atoms with Crippen molar-refractivity contribution < 1.29 is 4.74 Å². The highest BCUT2D eigenvalue weighted by Gasteiger charge is 2.17. The van der Waals surface area contributed by atoms with E-state index < -0.39 is 0 Å². The summed E-state index contributed by atoms with van der Waals surface area (Å²) in [5.74, 6) is 1.16. The van der Waals surface area contributed by atoms with E-state index in [0.717, 1.165) is 19.5 Å². The zero-order chi connectivity index (χ0) is 14.3. The van der Waals surface area contributed by atoms with Gasteiger partial charge in [0.1, 0.15) is 0 Å². The summed E-state index contributed by atoms with van der Waals surface area (Å²) in [5.41, 5.74) is 1.36. The Labute approximate surface area is 126 Å². The maximum absolute atomic E-state index is 5.43. The number of ether oxygens (including phenoxy) is 1. The van der Waals surface area contributed by atoms with Gasteiger partial charge in [-0.05, 0) is 43.4 Å². The second kappa shape index (κ2) is 8.72. The lowest BCUT2D eigenvalue weighted by Crippen LogP contribution is -2.27. The minimum atomic E-state index is 0.276. The van der Waals surface area contributed by atoms with Gasteiger partial charge >= 0.3 is 0 Å². The molecule has 0 radical (unpaired) electrons. The van der Waals surface area contributed by atoms with Crippen molar-refractivity contribution in [3.05, 3.63) is 34.3 Å². The quantitative estimate of drug-likeness (QED) is 0.772. The van der Waals surface area contributed by atoms with Crippen LogP contribution >= 0.6 is 15.9 Å². The van der Waals surface area contributed by atoms with Crippen molar-refractivity contribution in [1.29, 1.82) is 0 Å². The van der Waals surface area contributed by atoms with Crippen LogP contribution in [-0.4, -0.2) is 26.3 Å². The van der Waals surface area contributed by atoms with Gasteiger partial charge < -0.3 is 10.1 Å². The molecule has 0 aliphatic heterocycles. The topological polar surface area (TPSA) is 21.3 Å². The lowest BCUT2D eigenvalue weighted by Gasteiger charge is -2.23. The standard InChI is InChI=1S/C16H26BrNO/c1-12(2)10-18-11-14(9-13(3)19-4)15-7-5-6-8-16(15)17/h5-8,12-14,18H,9-11H2,1-4H3. The number of benzene rings is 1. The van der Waals surface area contributed by atoms with Gasteiger partial charge in [-0.15, -0.1) is 0 Å². The Morgan fingerprint density at radius 1 is 1.16 bits per heavy atom. The van der Waals surface area contributed by atoms with E-state index in [1.165, 1.54) is 10.0 Å². The predicted molar refractivity (Wildman–Crippen MR) is 85.7 cm³/mol. The van der Waals surface area contributed by atoms with Crippen LogP contribution in [0.4, 0.5) is 0 Å². The molecule has 0 spiro atoms. The zero-order valence-electron chi connectivity index (χ0n) is 12.4. The number of hydrogen-bond donors (Lipinski definition) is 1. The maximum atomic E-state index is 5.43. The van der Waals surface area contributed by atoms with Gasteiger partial charge in [-0.3, -0.25) is 0 Å². The molecule has 0 bridgehead atoms. The molecular formula is C16H26BrNO. The van der Waals surface area contributed by atoms with Gasteiger partial charge in [-0.1, -0.05) is 48.0 Å². The first-order valence-electron chi connectivity index (χ1n) is 7.02. The first kappa shape index (κ1) is 16.7. The van der Waals surface area contributed by atoms with Gasteiger partial charge in [0.15, 0.2) is 0 Å². The molecule has 0 aliphatic carbocycles. The summed E-state index contributed by atoms with van der Waals surface area (Å²) in [6.07, 6.45) is 1.31. The molecule has 0 fully saturated rings. The highest BCUT2D eigenvalue weighted by atomic mass is 79.9. The van der Waals surface area contributed by atoms with Crippen molar-refractivity contribution in [2.45, 2.75) is 39.2 Å². The number of halogens is 1. The summed E-state index contributed by atoms with van der Waals surface area (Å²) in [5, 5.41) is 3.56. The summed E-state index contributed by atoms with van der Waals surface area (Å²) in [6.45, 7) is 8.65. The van der Waals surface area contributed by atoms with E-state index in [4.69, 9.17) is 4.74 Å². The van der Waals surface area contributed by atoms with Crippen molar-refractivity contribution in [1.82, 2.24) is 5.32 Å². The second-order valence-corrected chi connectivity index (χ2v) is 6.41. The fourth-order valence-corrected chi connectivity index (χ4v) is 2.78. The van der Waals surface area contributed by atoms with E-state index in [9.17, 15) is 0 Å². The molecule has 1 rings (SSSR count). The third kappa shape index (κ3) is 6.07. The molecule has 0 saturated carbocycles. The number of rotatable bonds is 8. The summed E-state index contributed by atoms with van der Waals surface area (Å²) in [6, 6.07) is 8.48. The molecule has 1 aromatic rings. The third-order valence-electron chi connectivity index (χ3n) is 3.31. The Morgan fingerprint density at radius 2 is 1.84 bits per heavy atom. The average Bonchev–Trinajstić information content (AvgIpc) is 2.37. The summed E-state index contributed by atoms with van der Waals surface area (Å²) < 4.78 is 6.62. The van der Waals surface area contributed by atoms with Crippen molar-refractivity contribution in [3.8, 4) is 0 Å². The zero-order valence-corrected chi connectivity index (χ0v) is 14.0. The van der Waals surface area contributed by atoms with Crippen LogP contribution in [0.25, 0.3) is 0 Å². The van der Waals surface area contributed by atoms with Gasteiger partial charge in [0.05, 0.1) is 6.10 Å². The van der Waals surface area contributed by atoms with Gasteiger partial charge in [-0.25, -0.2) is 0 Å². The number of methoxy groups -OCH3 is 1. The molecule has 2 unspecified atom stereocenters. The van der Waals surface area contributed by atoms with Gasteiger partial charge in [0.2, 0.25) is 0 Å². The smallest absolute Gasteiger partial charge is 0.0549 e. The average molecular weight is 328 g/mol. The van der Waals surface area contributed by atoms with Crippen LogP contribution in [0.2, 0.25) is 0 Å². The number of hydrogen-bond acceptors (Lipinski definition) is 2. The summed E-state index contributed by atoms with van der Waals surface area (Å²) in [7, 11) is 1.78. The van der Waals surface area contributed by atoms with Crippen LogP contribution in [-0.2, 0) is 4.74 Å². The highest BCUT2D eigenvalue weighted by Crippen LogP contribution is 2.28. The predicted octanol–water partition coefficient (Wildman–Crippen LogP) is 4.20.